The van der Waals surface area contributed by atoms with Crippen LogP contribution in [0.5, 0.6) is 5.75 Å². The van der Waals surface area contributed by atoms with Crippen molar-refractivity contribution in [3.8, 4) is 5.75 Å². The highest BCUT2D eigenvalue weighted by Gasteiger charge is 2.13. The fraction of sp³-hybridized carbons (Fsp3) is 0.600. The molecule has 1 aromatic rings. The third kappa shape index (κ3) is 7.29. The van der Waals surface area contributed by atoms with Crippen molar-refractivity contribution in [3.05, 3.63) is 28.2 Å². The molecule has 0 aliphatic rings. The number of ether oxygens (including phenoxy) is 1. The van der Waals surface area contributed by atoms with Crippen LogP contribution in [-0.2, 0) is 16.4 Å². The molecule has 120 valence electrons. The van der Waals surface area contributed by atoms with Gasteiger partial charge >= 0.3 is 0 Å². The van der Waals surface area contributed by atoms with Crippen LogP contribution in [0, 0.1) is 0 Å². The number of hydrogen-bond acceptors (Lipinski definition) is 4. The molecule has 0 radical (unpaired) electrons. The van der Waals surface area contributed by atoms with Crippen LogP contribution in [0.15, 0.2) is 22.7 Å². The topological polar surface area (TPSA) is 55.4 Å². The number of halogens is 1. The number of sulfone groups is 1. The minimum absolute atomic E-state index is 0.00510. The molecule has 21 heavy (non-hydrogen) atoms. The molecule has 6 heteroatoms. The maximum absolute atomic E-state index is 11.5. The van der Waals surface area contributed by atoms with Crippen molar-refractivity contribution in [3.63, 3.8) is 0 Å². The Morgan fingerprint density at radius 1 is 1.29 bits per heavy atom. The largest absolute Gasteiger partial charge is 0.492 e. The molecule has 4 nitrogen and oxygen atoms in total. The number of rotatable bonds is 7. The standard InChI is InChI=1S/C15H24BrNO3S/c1-5-21(18,19)9-8-20-14-7-6-13(16)10-12(14)11-17-15(2,3)4/h6-7,10,17H,5,8-9,11H2,1-4H3. The third-order valence-electron chi connectivity index (χ3n) is 2.92. The smallest absolute Gasteiger partial charge is 0.153 e. The second-order valence-electron chi connectivity index (χ2n) is 5.94. The average Bonchev–Trinajstić information content (AvgIpc) is 2.37. The Bertz CT molecular complexity index is 565. The molecule has 1 N–H and O–H groups in total. The summed E-state index contributed by atoms with van der Waals surface area (Å²) in [5.41, 5.74) is 1.01. The fourth-order valence-electron chi connectivity index (χ4n) is 1.61. The zero-order valence-corrected chi connectivity index (χ0v) is 15.5. The monoisotopic (exact) mass is 377 g/mol. The fourth-order valence-corrected chi connectivity index (χ4v) is 2.64. The van der Waals surface area contributed by atoms with Crippen LogP contribution in [-0.4, -0.2) is 32.1 Å². The van der Waals surface area contributed by atoms with Gasteiger partial charge in [0.1, 0.15) is 12.4 Å². The van der Waals surface area contributed by atoms with Crippen LogP contribution in [0.1, 0.15) is 33.3 Å². The lowest BCUT2D eigenvalue weighted by Crippen LogP contribution is -2.35. The Morgan fingerprint density at radius 2 is 1.95 bits per heavy atom. The highest BCUT2D eigenvalue weighted by molar-refractivity contribution is 9.10. The van der Waals surface area contributed by atoms with Crippen molar-refractivity contribution in [2.45, 2.75) is 39.8 Å². The summed E-state index contributed by atoms with van der Waals surface area (Å²) in [5, 5.41) is 3.40. The zero-order valence-electron chi connectivity index (χ0n) is 13.1. The van der Waals surface area contributed by atoms with E-state index in [9.17, 15) is 8.42 Å². The van der Waals surface area contributed by atoms with Crippen LogP contribution in [0.4, 0.5) is 0 Å². The summed E-state index contributed by atoms with van der Waals surface area (Å²) in [6, 6.07) is 5.74. The molecule has 0 atom stereocenters. The molecule has 0 aliphatic carbocycles. The predicted molar refractivity (Wildman–Crippen MR) is 90.6 cm³/mol. The van der Waals surface area contributed by atoms with E-state index in [1.165, 1.54) is 0 Å². The number of nitrogens with one attached hydrogen (secondary N) is 1. The highest BCUT2D eigenvalue weighted by Crippen LogP contribution is 2.24. The van der Waals surface area contributed by atoms with Crippen LogP contribution in [0.3, 0.4) is 0 Å². The normalized spacial score (nSPS) is 12.4. The molecular formula is C15H24BrNO3S. The van der Waals surface area contributed by atoms with E-state index >= 15 is 0 Å². The summed E-state index contributed by atoms with van der Waals surface area (Å²) >= 11 is 3.45. The van der Waals surface area contributed by atoms with E-state index < -0.39 is 9.84 Å². The van der Waals surface area contributed by atoms with Crippen molar-refractivity contribution in [1.29, 1.82) is 0 Å². The van der Waals surface area contributed by atoms with Crippen molar-refractivity contribution in [2.24, 2.45) is 0 Å². The van der Waals surface area contributed by atoms with Gasteiger partial charge in [0, 0.05) is 27.9 Å². The van der Waals surface area contributed by atoms with Gasteiger partial charge in [-0.1, -0.05) is 22.9 Å². The third-order valence-corrected chi connectivity index (χ3v) is 5.09. The molecule has 0 saturated carbocycles. The van der Waals surface area contributed by atoms with Gasteiger partial charge in [0.05, 0.1) is 5.75 Å². The van der Waals surface area contributed by atoms with E-state index in [1.807, 2.05) is 18.2 Å². The van der Waals surface area contributed by atoms with E-state index in [4.69, 9.17) is 4.74 Å². The Kier molecular flexibility index (Phi) is 6.69. The molecule has 0 bridgehead atoms. The lowest BCUT2D eigenvalue weighted by Gasteiger charge is -2.22. The SMILES string of the molecule is CCS(=O)(=O)CCOc1ccc(Br)cc1CNC(C)(C)C. The maximum Gasteiger partial charge on any atom is 0.153 e. The van der Waals surface area contributed by atoms with Crippen LogP contribution in [0.25, 0.3) is 0 Å². The first-order chi connectivity index (χ1) is 9.63. The van der Waals surface area contributed by atoms with E-state index in [-0.39, 0.29) is 23.7 Å². The quantitative estimate of drug-likeness (QED) is 0.792. The predicted octanol–water partition coefficient (Wildman–Crippen LogP) is 3.15. The number of benzene rings is 1. The molecule has 0 heterocycles. The van der Waals surface area contributed by atoms with Crippen LogP contribution >= 0.6 is 15.9 Å². The summed E-state index contributed by atoms with van der Waals surface area (Å²) in [4.78, 5) is 0. The van der Waals surface area contributed by atoms with Gasteiger partial charge in [0.2, 0.25) is 0 Å². The van der Waals surface area contributed by atoms with Gasteiger partial charge < -0.3 is 10.1 Å². The van der Waals surface area contributed by atoms with E-state index in [0.29, 0.717) is 6.54 Å². The van der Waals surface area contributed by atoms with E-state index in [2.05, 4.69) is 42.0 Å². The minimum atomic E-state index is -3.00. The summed E-state index contributed by atoms with van der Waals surface area (Å²) in [5.74, 6) is 0.919. The maximum atomic E-state index is 11.5. The van der Waals surface area contributed by atoms with Gasteiger partial charge in [-0.3, -0.25) is 0 Å². The van der Waals surface area contributed by atoms with Gasteiger partial charge in [-0.2, -0.15) is 0 Å². The van der Waals surface area contributed by atoms with Gasteiger partial charge in [-0.05, 0) is 39.0 Å². The summed E-state index contributed by atoms with van der Waals surface area (Å²) < 4.78 is 29.6. The molecule has 1 aromatic carbocycles. The molecule has 0 spiro atoms. The van der Waals surface area contributed by atoms with Crippen molar-refractivity contribution >= 4 is 25.8 Å². The Morgan fingerprint density at radius 3 is 2.52 bits per heavy atom. The van der Waals surface area contributed by atoms with Crippen LogP contribution < -0.4 is 10.1 Å². The zero-order chi connectivity index (χ0) is 16.1. The van der Waals surface area contributed by atoms with Gasteiger partial charge in [0.15, 0.2) is 9.84 Å². The first-order valence-electron chi connectivity index (χ1n) is 6.99. The first kappa shape index (κ1) is 18.5. The highest BCUT2D eigenvalue weighted by atomic mass is 79.9. The molecule has 1 rings (SSSR count). The van der Waals surface area contributed by atoms with Gasteiger partial charge in [-0.25, -0.2) is 8.42 Å². The van der Waals surface area contributed by atoms with Crippen molar-refractivity contribution in [1.82, 2.24) is 5.32 Å². The first-order valence-corrected chi connectivity index (χ1v) is 9.61. The molecule has 0 amide bonds. The molecule has 0 aromatic heterocycles. The van der Waals surface area contributed by atoms with Gasteiger partial charge in [-0.15, -0.1) is 0 Å². The lowest BCUT2D eigenvalue weighted by atomic mass is 10.1. The minimum Gasteiger partial charge on any atom is -0.492 e. The van der Waals surface area contributed by atoms with E-state index in [1.54, 1.807) is 6.92 Å². The Hall–Kier alpha value is -0.590. The molecule has 0 saturated heterocycles. The Balaban J connectivity index is 2.73. The molecule has 0 aliphatic heterocycles. The summed E-state index contributed by atoms with van der Waals surface area (Å²) in [6.07, 6.45) is 0. The van der Waals surface area contributed by atoms with E-state index in [0.717, 1.165) is 15.8 Å². The Labute approximate surface area is 136 Å². The second-order valence-corrected chi connectivity index (χ2v) is 9.33. The second kappa shape index (κ2) is 7.61. The summed E-state index contributed by atoms with van der Waals surface area (Å²) in [7, 11) is -3.00. The van der Waals surface area contributed by atoms with Crippen molar-refractivity contribution < 1.29 is 13.2 Å². The average molecular weight is 378 g/mol. The van der Waals surface area contributed by atoms with Crippen molar-refractivity contribution in [2.75, 3.05) is 18.1 Å². The lowest BCUT2D eigenvalue weighted by molar-refractivity contribution is 0.333. The van der Waals surface area contributed by atoms with Crippen LogP contribution in [0.2, 0.25) is 0 Å². The number of hydrogen-bond donors (Lipinski definition) is 1. The molecule has 0 unspecified atom stereocenters. The molecule has 0 fully saturated rings. The molecular weight excluding hydrogens is 354 g/mol. The van der Waals surface area contributed by atoms with Gasteiger partial charge in [0.25, 0.3) is 0 Å². The summed E-state index contributed by atoms with van der Waals surface area (Å²) in [6.45, 7) is 8.78.